The van der Waals surface area contributed by atoms with Crippen LogP contribution in [0.3, 0.4) is 0 Å². The largest absolute Gasteiger partial charge is 0.374 e. The van der Waals surface area contributed by atoms with Gasteiger partial charge in [-0.05, 0) is 101 Å². The molecule has 5 fully saturated rings. The number of rotatable bonds is 3. The van der Waals surface area contributed by atoms with E-state index < -0.39 is 8.07 Å². The fraction of sp³-hybridized carbons (Fsp3) is 0.829. The van der Waals surface area contributed by atoms with Gasteiger partial charge < -0.3 is 4.74 Å². The van der Waals surface area contributed by atoms with Crippen LogP contribution in [0.2, 0.25) is 24.2 Å². The second-order valence-electron chi connectivity index (χ2n) is 16.2. The summed E-state index contributed by atoms with van der Waals surface area (Å²) in [5.41, 5.74) is 5.18. The molecule has 1 nitrogen and oxygen atoms in total. The molecule has 1 saturated heterocycles. The highest BCUT2D eigenvalue weighted by atomic mass is 28.3. The van der Waals surface area contributed by atoms with Crippen LogP contribution in [-0.4, -0.2) is 20.3 Å². The first-order valence-electron chi connectivity index (χ1n) is 16.3. The number of ether oxygens (including phenoxy) is 1. The van der Waals surface area contributed by atoms with Gasteiger partial charge in [0, 0.05) is 0 Å². The maximum Gasteiger partial charge on any atom is 0.0620 e. The van der Waals surface area contributed by atoms with Gasteiger partial charge in [0.15, 0.2) is 0 Å². The summed E-state index contributed by atoms with van der Waals surface area (Å²) in [6.45, 7) is 20.6. The topological polar surface area (TPSA) is 9.23 Å². The SMILES string of the molecule is CC1CC2C(c3ccc(C(C)(C)C)cc3)CCCC2C1[Si](C)(C)C1C(C)C(C)C2C3CCCCC3OC21. The van der Waals surface area contributed by atoms with Crippen molar-refractivity contribution in [2.45, 2.75) is 141 Å². The lowest BCUT2D eigenvalue weighted by atomic mass is 9.70. The van der Waals surface area contributed by atoms with Crippen molar-refractivity contribution in [3.05, 3.63) is 35.4 Å². The zero-order valence-corrected chi connectivity index (χ0v) is 26.3. The van der Waals surface area contributed by atoms with Gasteiger partial charge >= 0.3 is 0 Å². The summed E-state index contributed by atoms with van der Waals surface area (Å²) < 4.78 is 7.12. The number of benzene rings is 1. The molecule has 1 aliphatic heterocycles. The Balaban J connectivity index is 1.27. The first-order valence-corrected chi connectivity index (χ1v) is 19.4. The smallest absolute Gasteiger partial charge is 0.0620 e. The second-order valence-corrected chi connectivity index (χ2v) is 21.2. The second kappa shape index (κ2) is 9.50. The highest BCUT2D eigenvalue weighted by Crippen LogP contribution is 2.67. The first-order chi connectivity index (χ1) is 17.5. The zero-order chi connectivity index (χ0) is 26.3. The zero-order valence-electron chi connectivity index (χ0n) is 25.3. The van der Waals surface area contributed by atoms with Crippen LogP contribution >= 0.6 is 0 Å². The molecule has 1 heterocycles. The summed E-state index contributed by atoms with van der Waals surface area (Å²) >= 11 is 0. The molecule has 5 aliphatic rings. The Hall–Kier alpha value is -0.603. The average molecular weight is 521 g/mol. The maximum atomic E-state index is 7.12. The van der Waals surface area contributed by atoms with Crippen LogP contribution in [0.4, 0.5) is 0 Å². The summed E-state index contributed by atoms with van der Waals surface area (Å²) in [4.78, 5) is 0. The lowest BCUT2D eigenvalue weighted by molar-refractivity contribution is 0.0127. The molecule has 0 radical (unpaired) electrons. The minimum atomic E-state index is -1.55. The Morgan fingerprint density at radius 1 is 0.757 bits per heavy atom. The van der Waals surface area contributed by atoms with Crippen molar-refractivity contribution < 1.29 is 4.74 Å². The molecular weight excluding hydrogens is 464 g/mol. The van der Waals surface area contributed by atoms with Crippen molar-refractivity contribution in [2.24, 2.45) is 41.4 Å². The van der Waals surface area contributed by atoms with E-state index in [1.165, 1.54) is 56.9 Å². The first kappa shape index (κ1) is 26.6. The van der Waals surface area contributed by atoms with Crippen molar-refractivity contribution in [1.29, 1.82) is 0 Å². The Morgan fingerprint density at radius 3 is 2.14 bits per heavy atom. The fourth-order valence-corrected chi connectivity index (χ4v) is 18.0. The van der Waals surface area contributed by atoms with Gasteiger partial charge in [-0.1, -0.05) is 105 Å². The third-order valence-electron chi connectivity index (χ3n) is 13.1. The normalized spacial score (nSPS) is 45.9. The van der Waals surface area contributed by atoms with E-state index in [2.05, 4.69) is 78.9 Å². The van der Waals surface area contributed by atoms with Crippen molar-refractivity contribution in [2.75, 3.05) is 0 Å². The van der Waals surface area contributed by atoms with Gasteiger partial charge in [-0.2, -0.15) is 0 Å². The van der Waals surface area contributed by atoms with E-state index >= 15 is 0 Å². The number of hydrogen-bond donors (Lipinski definition) is 0. The van der Waals surface area contributed by atoms with Crippen LogP contribution in [-0.2, 0) is 10.2 Å². The minimum absolute atomic E-state index is 0.239. The van der Waals surface area contributed by atoms with Crippen LogP contribution in [0.1, 0.15) is 110 Å². The van der Waals surface area contributed by atoms with Gasteiger partial charge in [0.05, 0.1) is 20.3 Å². The molecular formula is C35H56OSi. The summed E-state index contributed by atoms with van der Waals surface area (Å²) in [6.07, 6.45) is 12.6. The van der Waals surface area contributed by atoms with Gasteiger partial charge in [0.1, 0.15) is 0 Å². The summed E-state index contributed by atoms with van der Waals surface area (Å²) in [5, 5.41) is 0. The highest BCUT2D eigenvalue weighted by Gasteiger charge is 2.64. The molecule has 2 heteroatoms. The summed E-state index contributed by atoms with van der Waals surface area (Å²) in [5.74, 6) is 6.93. The third-order valence-corrected chi connectivity index (χ3v) is 18.4. The Kier molecular flexibility index (Phi) is 6.83. The molecule has 0 aromatic heterocycles. The number of fused-ring (bicyclic) bond motifs is 4. The molecule has 4 aliphatic carbocycles. The third kappa shape index (κ3) is 4.25. The monoisotopic (exact) mass is 520 g/mol. The van der Waals surface area contributed by atoms with E-state index in [4.69, 9.17) is 4.74 Å². The molecule has 0 N–H and O–H groups in total. The minimum Gasteiger partial charge on any atom is -0.374 e. The van der Waals surface area contributed by atoms with Crippen LogP contribution in [0.15, 0.2) is 24.3 Å². The standard InChI is InChI=1S/C35H56OSi/c1-21-20-29-26(24-16-18-25(19-17-24)35(4,5)6)13-11-14-27(29)33(21)37(7,8)34-23(3)22(2)31-28-12-9-10-15-30(28)36-32(31)34/h16-19,21-23,26-34H,9-15,20H2,1-8H3. The van der Waals surface area contributed by atoms with Crippen LogP contribution < -0.4 is 0 Å². The van der Waals surface area contributed by atoms with E-state index in [1.807, 2.05) is 0 Å². The van der Waals surface area contributed by atoms with Crippen LogP contribution in [0.5, 0.6) is 0 Å². The van der Waals surface area contributed by atoms with Crippen LogP contribution in [0.25, 0.3) is 0 Å². The van der Waals surface area contributed by atoms with Gasteiger partial charge in [-0.15, -0.1) is 0 Å². The molecule has 0 spiro atoms. The molecule has 0 amide bonds. The molecule has 12 atom stereocenters. The van der Waals surface area contributed by atoms with Crippen molar-refractivity contribution in [1.82, 2.24) is 0 Å². The van der Waals surface area contributed by atoms with Gasteiger partial charge in [0.2, 0.25) is 0 Å². The Morgan fingerprint density at radius 2 is 1.43 bits per heavy atom. The molecule has 1 aromatic rings. The lowest BCUT2D eigenvalue weighted by Gasteiger charge is -2.47. The van der Waals surface area contributed by atoms with E-state index in [1.54, 1.807) is 5.56 Å². The molecule has 12 unspecified atom stereocenters. The molecule has 6 rings (SSSR count). The van der Waals surface area contributed by atoms with Crippen molar-refractivity contribution in [3.63, 3.8) is 0 Å². The quantitative estimate of drug-likeness (QED) is 0.360. The summed E-state index contributed by atoms with van der Waals surface area (Å²) in [7, 11) is -1.55. The van der Waals surface area contributed by atoms with Gasteiger partial charge in [-0.25, -0.2) is 0 Å². The molecule has 0 bridgehead atoms. The Bertz CT molecular complexity index is 958. The highest BCUT2D eigenvalue weighted by molar-refractivity contribution is 6.80. The van der Waals surface area contributed by atoms with Gasteiger partial charge in [-0.3, -0.25) is 0 Å². The van der Waals surface area contributed by atoms with E-state index in [9.17, 15) is 0 Å². The van der Waals surface area contributed by atoms with E-state index in [-0.39, 0.29) is 5.41 Å². The molecule has 4 saturated carbocycles. The predicted octanol–water partition coefficient (Wildman–Crippen LogP) is 9.83. The lowest BCUT2D eigenvalue weighted by Crippen LogP contribution is -2.48. The van der Waals surface area contributed by atoms with Crippen molar-refractivity contribution >= 4 is 8.07 Å². The Labute approximate surface area is 229 Å². The molecule has 1 aromatic carbocycles. The summed E-state index contributed by atoms with van der Waals surface area (Å²) in [6, 6.07) is 9.89. The van der Waals surface area contributed by atoms with Crippen LogP contribution in [0, 0.1) is 41.4 Å². The fourth-order valence-electron chi connectivity index (χ4n) is 11.6. The molecule has 206 valence electrons. The number of hydrogen-bond acceptors (Lipinski definition) is 1. The average Bonchev–Trinajstić information content (AvgIpc) is 3.47. The van der Waals surface area contributed by atoms with Crippen molar-refractivity contribution in [3.8, 4) is 0 Å². The van der Waals surface area contributed by atoms with E-state index in [0.717, 1.165) is 58.4 Å². The predicted molar refractivity (Wildman–Crippen MR) is 160 cm³/mol. The maximum absolute atomic E-state index is 7.12. The molecule has 37 heavy (non-hydrogen) atoms. The van der Waals surface area contributed by atoms with E-state index in [0.29, 0.717) is 12.2 Å². The van der Waals surface area contributed by atoms with Gasteiger partial charge in [0.25, 0.3) is 0 Å².